The van der Waals surface area contributed by atoms with Crippen LogP contribution >= 0.6 is 11.8 Å². The minimum atomic E-state index is -0.748. The number of nitrogens with one attached hydrogen (secondary N) is 3. The summed E-state index contributed by atoms with van der Waals surface area (Å²) in [6, 6.07) is 33.8. The fraction of sp³-hybridized carbons (Fsp3) is 0.103. The molecule has 5 aromatic rings. The van der Waals surface area contributed by atoms with Gasteiger partial charge in [0.05, 0.1) is 27.0 Å². The molecule has 0 radical (unpaired) electrons. The molecule has 9 nitrogen and oxygen atoms in total. The summed E-state index contributed by atoms with van der Waals surface area (Å²) < 4.78 is 30.8. The number of halogens is 1. The first-order valence-electron chi connectivity index (χ1n) is 15.4. The van der Waals surface area contributed by atoms with Crippen molar-refractivity contribution < 1.29 is 33.0 Å². The number of hydrogen-bond donors (Lipinski definition) is 3. The third-order valence-electron chi connectivity index (χ3n) is 7.34. The molecule has 5 rings (SSSR count). The Hall–Kier alpha value is -6.07. The number of rotatable bonds is 13. The fourth-order valence-electron chi connectivity index (χ4n) is 4.94. The number of methoxy groups -OCH3 is 3. The van der Waals surface area contributed by atoms with Gasteiger partial charge in [-0.25, -0.2) is 4.39 Å². The number of anilines is 2. The topological polar surface area (TPSA) is 115 Å². The van der Waals surface area contributed by atoms with Gasteiger partial charge < -0.3 is 30.2 Å². The molecule has 3 amide bonds. The van der Waals surface area contributed by atoms with Crippen molar-refractivity contribution in [3.8, 4) is 17.2 Å². The molecule has 50 heavy (non-hydrogen) atoms. The van der Waals surface area contributed by atoms with E-state index in [4.69, 9.17) is 14.2 Å². The summed E-state index contributed by atoms with van der Waals surface area (Å²) in [5, 5.41) is 7.52. The van der Waals surface area contributed by atoms with Gasteiger partial charge in [0.25, 0.3) is 11.8 Å². The van der Waals surface area contributed by atoms with Crippen LogP contribution in [0.2, 0.25) is 0 Å². The molecule has 0 aromatic heterocycles. The number of ether oxygens (including phenoxy) is 3. The third-order valence-corrected chi connectivity index (χ3v) is 8.59. The van der Waals surface area contributed by atoms with Gasteiger partial charge in [0.2, 0.25) is 11.7 Å². The van der Waals surface area contributed by atoms with Crippen LogP contribution in [-0.4, -0.2) is 39.1 Å². The van der Waals surface area contributed by atoms with Gasteiger partial charge in [-0.15, -0.1) is 11.8 Å². The lowest BCUT2D eigenvalue weighted by Crippen LogP contribution is -2.30. The molecule has 3 N–H and O–H groups in total. The first-order valence-corrected chi connectivity index (χ1v) is 16.2. The number of amides is 3. The van der Waals surface area contributed by atoms with E-state index >= 15 is 0 Å². The number of para-hydroxylation sites is 1. The maximum atomic E-state index is 14.4. The maximum Gasteiger partial charge on any atom is 0.272 e. The summed E-state index contributed by atoms with van der Waals surface area (Å²) in [6.07, 6.45) is 1.50. The van der Waals surface area contributed by atoms with Crippen LogP contribution in [0.25, 0.3) is 6.08 Å². The summed E-state index contributed by atoms with van der Waals surface area (Å²) in [6.45, 7) is 0. The van der Waals surface area contributed by atoms with Gasteiger partial charge in [0, 0.05) is 16.1 Å². The molecule has 0 aliphatic heterocycles. The average Bonchev–Trinajstić information content (AvgIpc) is 3.14. The summed E-state index contributed by atoms with van der Waals surface area (Å²) in [5.74, 6) is -0.959. The van der Waals surface area contributed by atoms with E-state index in [0.717, 1.165) is 0 Å². The summed E-state index contributed by atoms with van der Waals surface area (Å²) in [7, 11) is 4.44. The van der Waals surface area contributed by atoms with Crippen molar-refractivity contribution >= 4 is 46.9 Å². The van der Waals surface area contributed by atoms with Crippen molar-refractivity contribution in [3.63, 3.8) is 0 Å². The van der Waals surface area contributed by atoms with E-state index in [2.05, 4.69) is 16.0 Å². The second-order valence-electron chi connectivity index (χ2n) is 10.7. The highest BCUT2D eigenvalue weighted by Crippen LogP contribution is 2.39. The minimum Gasteiger partial charge on any atom is -0.493 e. The van der Waals surface area contributed by atoms with Crippen LogP contribution in [0, 0.1) is 5.82 Å². The summed E-state index contributed by atoms with van der Waals surface area (Å²) >= 11 is 1.24. The Balaban J connectivity index is 1.43. The van der Waals surface area contributed by atoms with Crippen LogP contribution in [0.1, 0.15) is 26.7 Å². The molecule has 0 heterocycles. The van der Waals surface area contributed by atoms with Gasteiger partial charge in [0.15, 0.2) is 11.5 Å². The zero-order valence-electron chi connectivity index (χ0n) is 27.4. The molecule has 0 fully saturated rings. The van der Waals surface area contributed by atoms with E-state index in [1.165, 1.54) is 51.3 Å². The first kappa shape index (κ1) is 35.2. The van der Waals surface area contributed by atoms with E-state index in [-0.39, 0.29) is 11.4 Å². The van der Waals surface area contributed by atoms with Gasteiger partial charge in [0.1, 0.15) is 16.8 Å². The second kappa shape index (κ2) is 16.8. The molecule has 0 spiro atoms. The van der Waals surface area contributed by atoms with Crippen LogP contribution in [0.3, 0.4) is 0 Å². The average molecular weight is 692 g/mol. The van der Waals surface area contributed by atoms with Crippen LogP contribution < -0.4 is 30.2 Å². The Morgan fingerprint density at radius 2 is 1.36 bits per heavy atom. The monoisotopic (exact) mass is 691 g/mol. The Kier molecular flexibility index (Phi) is 11.9. The first-order chi connectivity index (χ1) is 24.3. The lowest BCUT2D eigenvalue weighted by atomic mass is 10.1. The third kappa shape index (κ3) is 8.88. The standard InChI is InChI=1S/C39H34FN3O6S/c1-47-33-22-25(23-34(48-2)35(33)49-3)21-32(43-37(44)27-15-8-5-9-16-27)38(45)41-28-17-12-18-29(24-28)50-36(26-13-6-4-7-14-26)39(46)42-31-20-11-10-19-30(31)40/h4-24,36H,1-3H3,(H,41,45)(H,42,46)(H,43,44)/b32-21+. The summed E-state index contributed by atoms with van der Waals surface area (Å²) in [4.78, 5) is 41.2. The van der Waals surface area contributed by atoms with Crippen molar-refractivity contribution in [1.29, 1.82) is 0 Å². The fourth-order valence-corrected chi connectivity index (χ4v) is 6.02. The Bertz CT molecular complexity index is 1980. The molecule has 5 aromatic carbocycles. The highest BCUT2D eigenvalue weighted by Gasteiger charge is 2.24. The number of hydrogen-bond acceptors (Lipinski definition) is 7. The van der Waals surface area contributed by atoms with Gasteiger partial charge in [-0.3, -0.25) is 14.4 Å². The normalized spacial score (nSPS) is 11.6. The zero-order chi connectivity index (χ0) is 35.5. The van der Waals surface area contributed by atoms with Crippen LogP contribution in [-0.2, 0) is 9.59 Å². The van der Waals surface area contributed by atoms with Gasteiger partial charge >= 0.3 is 0 Å². The van der Waals surface area contributed by atoms with Gasteiger partial charge in [-0.05, 0) is 71.8 Å². The smallest absolute Gasteiger partial charge is 0.272 e. The van der Waals surface area contributed by atoms with Gasteiger partial charge in [-0.2, -0.15) is 0 Å². The number of carbonyl (C=O) groups excluding carboxylic acids is 3. The molecule has 11 heteroatoms. The molecule has 1 unspecified atom stereocenters. The predicted octanol–water partition coefficient (Wildman–Crippen LogP) is 7.73. The van der Waals surface area contributed by atoms with Crippen molar-refractivity contribution in [1.82, 2.24) is 5.32 Å². The maximum absolute atomic E-state index is 14.4. The second-order valence-corrected chi connectivity index (χ2v) is 11.9. The van der Waals surface area contributed by atoms with Crippen molar-refractivity contribution in [3.05, 3.63) is 150 Å². The molecule has 254 valence electrons. The summed E-state index contributed by atoms with van der Waals surface area (Å²) in [5.41, 5.74) is 1.98. The molecular formula is C39H34FN3O6S. The molecule has 0 aliphatic rings. The van der Waals surface area contributed by atoms with E-state index in [9.17, 15) is 18.8 Å². The Morgan fingerprint density at radius 1 is 0.720 bits per heavy atom. The predicted molar refractivity (Wildman–Crippen MR) is 193 cm³/mol. The quantitative estimate of drug-likeness (QED) is 0.0855. The molecule has 0 saturated heterocycles. The van der Waals surface area contributed by atoms with E-state index < -0.39 is 28.8 Å². The van der Waals surface area contributed by atoms with Crippen molar-refractivity contribution in [2.24, 2.45) is 0 Å². The van der Waals surface area contributed by atoms with Crippen LogP contribution in [0.15, 0.2) is 132 Å². The highest BCUT2D eigenvalue weighted by molar-refractivity contribution is 8.00. The largest absolute Gasteiger partial charge is 0.493 e. The van der Waals surface area contributed by atoms with Crippen LogP contribution in [0.4, 0.5) is 15.8 Å². The highest BCUT2D eigenvalue weighted by atomic mass is 32.2. The molecule has 1 atom stereocenters. The van der Waals surface area contributed by atoms with Crippen molar-refractivity contribution in [2.45, 2.75) is 10.1 Å². The number of thioether (sulfide) groups is 1. The SMILES string of the molecule is COc1cc(/C=C(/NC(=O)c2ccccc2)C(=O)Nc2cccc(SC(C(=O)Nc3ccccc3F)c3ccccc3)c2)cc(OC)c1OC. The molecule has 0 saturated carbocycles. The molecule has 0 bridgehead atoms. The lowest BCUT2D eigenvalue weighted by Gasteiger charge is -2.18. The van der Waals surface area contributed by atoms with Crippen molar-refractivity contribution in [2.75, 3.05) is 32.0 Å². The van der Waals surface area contributed by atoms with Crippen LogP contribution in [0.5, 0.6) is 17.2 Å². The van der Waals surface area contributed by atoms with E-state index in [1.807, 2.05) is 30.3 Å². The number of carbonyl (C=O) groups is 3. The lowest BCUT2D eigenvalue weighted by molar-refractivity contribution is -0.116. The minimum absolute atomic E-state index is 0.0578. The van der Waals surface area contributed by atoms with Gasteiger partial charge in [-0.1, -0.05) is 66.7 Å². The Morgan fingerprint density at radius 3 is 2.00 bits per heavy atom. The molecule has 0 aliphatic carbocycles. The molecular weight excluding hydrogens is 658 g/mol. The Labute approximate surface area is 293 Å². The zero-order valence-corrected chi connectivity index (χ0v) is 28.3. The van der Waals surface area contributed by atoms with E-state index in [0.29, 0.717) is 44.5 Å². The van der Waals surface area contributed by atoms with E-state index in [1.54, 1.807) is 78.9 Å². The number of benzene rings is 5.